The van der Waals surface area contributed by atoms with Gasteiger partial charge >= 0.3 is 12.0 Å². The predicted molar refractivity (Wildman–Crippen MR) is 70.7 cm³/mol. The molecule has 2 N–H and O–H groups in total. The Bertz CT molecular complexity index is 405. The van der Waals surface area contributed by atoms with Gasteiger partial charge in [-0.1, -0.05) is 6.07 Å². The van der Waals surface area contributed by atoms with Crippen molar-refractivity contribution in [3.8, 4) is 0 Å². The molecule has 0 aromatic carbocycles. The van der Waals surface area contributed by atoms with E-state index in [-0.39, 0.29) is 24.5 Å². The van der Waals surface area contributed by atoms with Crippen LogP contribution in [-0.2, 0) is 4.79 Å². The van der Waals surface area contributed by atoms with Gasteiger partial charge in [-0.25, -0.2) is 4.79 Å². The van der Waals surface area contributed by atoms with Crippen LogP contribution in [0.2, 0.25) is 0 Å². The van der Waals surface area contributed by atoms with Gasteiger partial charge in [-0.15, -0.1) is 11.3 Å². The average Bonchev–Trinajstić information content (AvgIpc) is 2.78. The number of urea groups is 1. The van der Waals surface area contributed by atoms with Gasteiger partial charge in [0.1, 0.15) is 0 Å². The fraction of sp³-hybridized carbons (Fsp3) is 0.500. The lowest BCUT2D eigenvalue weighted by molar-refractivity contribution is -0.137. The number of rotatable bonds is 5. The second kappa shape index (κ2) is 6.39. The van der Waals surface area contributed by atoms with Crippen molar-refractivity contribution in [2.45, 2.75) is 32.4 Å². The van der Waals surface area contributed by atoms with Gasteiger partial charge in [-0.2, -0.15) is 0 Å². The number of carboxylic acid groups (broad SMARTS) is 1. The first-order valence-electron chi connectivity index (χ1n) is 5.70. The Morgan fingerprint density at radius 1 is 1.50 bits per heavy atom. The molecule has 1 rings (SSSR count). The zero-order chi connectivity index (χ0) is 13.7. The maximum atomic E-state index is 11.9. The van der Waals surface area contributed by atoms with Crippen LogP contribution < -0.4 is 5.32 Å². The molecule has 0 radical (unpaired) electrons. The van der Waals surface area contributed by atoms with Gasteiger partial charge in [0.05, 0.1) is 12.5 Å². The van der Waals surface area contributed by atoms with Crippen LogP contribution >= 0.6 is 11.3 Å². The fourth-order valence-electron chi connectivity index (χ4n) is 1.52. The molecule has 5 nitrogen and oxygen atoms in total. The van der Waals surface area contributed by atoms with Gasteiger partial charge in [0.15, 0.2) is 0 Å². The number of nitrogens with one attached hydrogen (secondary N) is 1. The van der Waals surface area contributed by atoms with E-state index in [9.17, 15) is 9.59 Å². The quantitative estimate of drug-likeness (QED) is 0.862. The molecule has 18 heavy (non-hydrogen) atoms. The van der Waals surface area contributed by atoms with Crippen molar-refractivity contribution in [2.75, 3.05) is 7.05 Å². The highest BCUT2D eigenvalue weighted by Gasteiger charge is 2.20. The molecule has 100 valence electrons. The van der Waals surface area contributed by atoms with Crippen molar-refractivity contribution in [1.29, 1.82) is 0 Å². The van der Waals surface area contributed by atoms with Crippen LogP contribution in [-0.4, -0.2) is 35.1 Å². The SMILES string of the molecule is CC(CC(=O)O)NC(=O)N(C)C(C)c1cccs1. The molecule has 2 atom stereocenters. The lowest BCUT2D eigenvalue weighted by Crippen LogP contribution is -2.43. The molecule has 0 aliphatic carbocycles. The Morgan fingerprint density at radius 3 is 2.67 bits per heavy atom. The molecule has 0 saturated carbocycles. The highest BCUT2D eigenvalue weighted by Crippen LogP contribution is 2.23. The number of amides is 2. The van der Waals surface area contributed by atoms with E-state index in [1.165, 1.54) is 0 Å². The summed E-state index contributed by atoms with van der Waals surface area (Å²) >= 11 is 1.59. The van der Waals surface area contributed by atoms with Crippen LogP contribution in [0.5, 0.6) is 0 Å². The third-order valence-electron chi connectivity index (χ3n) is 2.71. The third-order valence-corrected chi connectivity index (χ3v) is 3.75. The smallest absolute Gasteiger partial charge is 0.317 e. The largest absolute Gasteiger partial charge is 0.481 e. The van der Waals surface area contributed by atoms with Crippen molar-refractivity contribution in [3.63, 3.8) is 0 Å². The van der Waals surface area contributed by atoms with Crippen molar-refractivity contribution in [1.82, 2.24) is 10.2 Å². The van der Waals surface area contributed by atoms with Crippen LogP contribution in [0.15, 0.2) is 17.5 Å². The predicted octanol–water partition coefficient (Wildman–Crippen LogP) is 2.31. The molecule has 2 unspecified atom stereocenters. The van der Waals surface area contributed by atoms with Gasteiger partial charge in [-0.05, 0) is 25.3 Å². The van der Waals surface area contributed by atoms with Crippen molar-refractivity contribution in [3.05, 3.63) is 22.4 Å². The maximum Gasteiger partial charge on any atom is 0.317 e. The van der Waals surface area contributed by atoms with E-state index in [1.807, 2.05) is 24.4 Å². The molecule has 2 amide bonds. The lowest BCUT2D eigenvalue weighted by Gasteiger charge is -2.26. The minimum atomic E-state index is -0.920. The molecule has 0 aliphatic rings. The molecule has 0 saturated heterocycles. The van der Waals surface area contributed by atoms with Gasteiger partial charge in [0, 0.05) is 18.0 Å². The summed E-state index contributed by atoms with van der Waals surface area (Å²) in [6, 6.07) is 3.24. The summed E-state index contributed by atoms with van der Waals surface area (Å²) in [6.45, 7) is 3.61. The highest BCUT2D eigenvalue weighted by molar-refractivity contribution is 7.10. The van der Waals surface area contributed by atoms with E-state index in [0.717, 1.165) is 4.88 Å². The summed E-state index contributed by atoms with van der Waals surface area (Å²) in [5.74, 6) is -0.920. The Hall–Kier alpha value is -1.56. The first-order valence-corrected chi connectivity index (χ1v) is 6.58. The molecular formula is C12H18N2O3S. The number of nitrogens with zero attached hydrogens (tertiary/aromatic N) is 1. The summed E-state index contributed by atoms with van der Waals surface area (Å²) in [6.07, 6.45) is -0.0764. The zero-order valence-corrected chi connectivity index (χ0v) is 11.5. The monoisotopic (exact) mass is 270 g/mol. The summed E-state index contributed by atoms with van der Waals surface area (Å²) in [7, 11) is 1.70. The zero-order valence-electron chi connectivity index (χ0n) is 10.7. The van der Waals surface area contributed by atoms with E-state index in [1.54, 1.807) is 30.2 Å². The molecule has 0 aliphatic heterocycles. The van der Waals surface area contributed by atoms with E-state index in [2.05, 4.69) is 5.32 Å². The summed E-state index contributed by atoms with van der Waals surface area (Å²) in [5, 5.41) is 13.3. The maximum absolute atomic E-state index is 11.9. The number of carboxylic acids is 1. The van der Waals surface area contributed by atoms with E-state index >= 15 is 0 Å². The third kappa shape index (κ3) is 4.03. The Balaban J connectivity index is 2.53. The van der Waals surface area contributed by atoms with Crippen molar-refractivity contribution >= 4 is 23.3 Å². The fourth-order valence-corrected chi connectivity index (χ4v) is 2.35. The number of aliphatic carboxylic acids is 1. The molecule has 1 aromatic rings. The molecule has 0 fully saturated rings. The number of carbonyl (C=O) groups is 2. The van der Waals surface area contributed by atoms with E-state index in [4.69, 9.17) is 5.11 Å². The topological polar surface area (TPSA) is 69.6 Å². The number of hydrogen-bond donors (Lipinski definition) is 2. The normalized spacial score (nSPS) is 13.7. The molecule has 1 aromatic heterocycles. The minimum Gasteiger partial charge on any atom is -0.481 e. The van der Waals surface area contributed by atoms with Gasteiger partial charge in [0.2, 0.25) is 0 Å². The van der Waals surface area contributed by atoms with Gasteiger partial charge in [-0.3, -0.25) is 4.79 Å². The second-order valence-corrected chi connectivity index (χ2v) is 5.23. The van der Waals surface area contributed by atoms with Crippen LogP contribution in [0.4, 0.5) is 4.79 Å². The average molecular weight is 270 g/mol. The lowest BCUT2D eigenvalue weighted by atomic mass is 10.2. The molecule has 0 bridgehead atoms. The molecule has 0 spiro atoms. The summed E-state index contributed by atoms with van der Waals surface area (Å²) in [4.78, 5) is 25.1. The van der Waals surface area contributed by atoms with Crippen LogP contribution in [0.1, 0.15) is 31.2 Å². The molecular weight excluding hydrogens is 252 g/mol. The van der Waals surface area contributed by atoms with Crippen LogP contribution in [0, 0.1) is 0 Å². The van der Waals surface area contributed by atoms with Crippen LogP contribution in [0.3, 0.4) is 0 Å². The Labute approximate surface area is 110 Å². The second-order valence-electron chi connectivity index (χ2n) is 4.25. The van der Waals surface area contributed by atoms with Crippen LogP contribution in [0.25, 0.3) is 0 Å². The number of hydrogen-bond acceptors (Lipinski definition) is 3. The highest BCUT2D eigenvalue weighted by atomic mass is 32.1. The summed E-state index contributed by atoms with van der Waals surface area (Å²) < 4.78 is 0. The standard InChI is InChI=1S/C12H18N2O3S/c1-8(7-11(15)16)13-12(17)14(3)9(2)10-5-4-6-18-10/h4-6,8-9H,7H2,1-3H3,(H,13,17)(H,15,16). The van der Waals surface area contributed by atoms with E-state index < -0.39 is 5.97 Å². The Kier molecular flexibility index (Phi) is 5.15. The number of thiophene rings is 1. The van der Waals surface area contributed by atoms with Crippen molar-refractivity contribution < 1.29 is 14.7 Å². The number of carbonyl (C=O) groups excluding carboxylic acids is 1. The molecule has 6 heteroatoms. The van der Waals surface area contributed by atoms with E-state index in [0.29, 0.717) is 0 Å². The first kappa shape index (κ1) is 14.5. The van der Waals surface area contributed by atoms with Crippen molar-refractivity contribution in [2.24, 2.45) is 0 Å². The minimum absolute atomic E-state index is 0.0259. The van der Waals surface area contributed by atoms with Gasteiger partial charge < -0.3 is 15.3 Å². The first-order chi connectivity index (χ1) is 8.41. The summed E-state index contributed by atoms with van der Waals surface area (Å²) in [5.41, 5.74) is 0. The Morgan fingerprint density at radius 2 is 2.17 bits per heavy atom. The van der Waals surface area contributed by atoms with Gasteiger partial charge in [0.25, 0.3) is 0 Å². The molecule has 1 heterocycles.